The van der Waals surface area contributed by atoms with Crippen LogP contribution in [0, 0.1) is 0 Å². The molecule has 8 heteroatoms. The molecule has 20 heavy (non-hydrogen) atoms. The number of hydrogen-bond acceptors (Lipinski definition) is 4. The maximum absolute atomic E-state index is 12.5. The van der Waals surface area contributed by atoms with Crippen molar-refractivity contribution in [2.24, 2.45) is 0 Å². The van der Waals surface area contributed by atoms with Gasteiger partial charge in [-0.3, -0.25) is 4.79 Å². The molecule has 112 valence electrons. The van der Waals surface area contributed by atoms with E-state index in [4.69, 9.17) is 4.74 Å². The Morgan fingerprint density at radius 2 is 2.10 bits per heavy atom. The first-order valence-corrected chi connectivity index (χ1v) is 5.74. The number of phenolic OH excluding ortho intramolecular Hbond substituents is 1. The fraction of sp³-hybridized carbons (Fsp3) is 0.417. The monoisotopic (exact) mass is 292 g/mol. The summed E-state index contributed by atoms with van der Waals surface area (Å²) in [4.78, 5) is 11.5. The Morgan fingerprint density at radius 1 is 1.40 bits per heavy atom. The highest BCUT2D eigenvalue weighted by atomic mass is 19.4. The molecule has 0 unspecified atom stereocenters. The van der Waals surface area contributed by atoms with Crippen molar-refractivity contribution in [3.05, 3.63) is 23.8 Å². The van der Waals surface area contributed by atoms with Gasteiger partial charge in [0.25, 0.3) is 0 Å². The highest BCUT2D eigenvalue weighted by Gasteiger charge is 2.31. The Kier molecular flexibility index (Phi) is 5.78. The minimum atomic E-state index is -4.54. The Bertz CT molecular complexity index is 464. The molecule has 0 aliphatic rings. The van der Waals surface area contributed by atoms with Crippen molar-refractivity contribution in [1.29, 1.82) is 0 Å². The van der Waals surface area contributed by atoms with E-state index in [1.807, 2.05) is 0 Å². The van der Waals surface area contributed by atoms with Crippen LogP contribution < -0.4 is 10.6 Å². The number of nitrogens with one attached hydrogen (secondary N) is 2. The van der Waals surface area contributed by atoms with Gasteiger partial charge in [-0.1, -0.05) is 0 Å². The van der Waals surface area contributed by atoms with Crippen LogP contribution in [0.5, 0.6) is 5.75 Å². The normalized spacial score (nSPS) is 11.4. The maximum Gasteiger partial charge on any atom is 0.416 e. The number of alkyl halides is 3. The molecule has 0 radical (unpaired) electrons. The van der Waals surface area contributed by atoms with E-state index in [1.54, 1.807) is 0 Å². The molecule has 0 saturated carbocycles. The summed E-state index contributed by atoms with van der Waals surface area (Å²) in [5.74, 6) is -0.987. The number of rotatable bonds is 6. The van der Waals surface area contributed by atoms with Crippen molar-refractivity contribution in [2.75, 3.05) is 32.1 Å². The number of carbonyl (C=O) groups excluding carboxylic acids is 1. The van der Waals surface area contributed by atoms with Crippen molar-refractivity contribution in [1.82, 2.24) is 5.32 Å². The van der Waals surface area contributed by atoms with Crippen LogP contribution in [0.1, 0.15) is 5.56 Å². The summed E-state index contributed by atoms with van der Waals surface area (Å²) < 4.78 is 42.3. The fourth-order valence-corrected chi connectivity index (χ4v) is 1.38. The number of hydrogen-bond donors (Lipinski definition) is 3. The van der Waals surface area contributed by atoms with Crippen molar-refractivity contribution in [3.63, 3.8) is 0 Å². The van der Waals surface area contributed by atoms with Crippen LogP contribution in [0.4, 0.5) is 18.9 Å². The summed E-state index contributed by atoms with van der Waals surface area (Å²) in [7, 11) is 1.50. The summed E-state index contributed by atoms with van der Waals surface area (Å²) in [6.07, 6.45) is -4.54. The van der Waals surface area contributed by atoms with Crippen LogP contribution >= 0.6 is 0 Å². The number of methoxy groups -OCH3 is 1. The molecule has 0 saturated heterocycles. The van der Waals surface area contributed by atoms with Gasteiger partial charge in [0.05, 0.1) is 24.4 Å². The van der Waals surface area contributed by atoms with Crippen LogP contribution in [-0.2, 0) is 15.7 Å². The molecule has 0 fully saturated rings. The lowest BCUT2D eigenvalue weighted by Gasteiger charge is -2.12. The molecule has 1 amide bonds. The number of aromatic hydroxyl groups is 1. The van der Waals surface area contributed by atoms with Gasteiger partial charge in [0.15, 0.2) is 0 Å². The van der Waals surface area contributed by atoms with Gasteiger partial charge in [0.1, 0.15) is 5.75 Å². The number of amides is 1. The SMILES string of the molecule is COCCNCC(=O)Nc1cc(C(F)(F)F)ccc1O. The second-order valence-corrected chi connectivity index (χ2v) is 3.95. The number of phenols is 1. The highest BCUT2D eigenvalue weighted by Crippen LogP contribution is 2.34. The molecule has 5 nitrogen and oxygen atoms in total. The highest BCUT2D eigenvalue weighted by molar-refractivity contribution is 5.93. The van der Waals surface area contributed by atoms with Crippen molar-refractivity contribution in [3.8, 4) is 5.75 Å². The van der Waals surface area contributed by atoms with Crippen molar-refractivity contribution >= 4 is 11.6 Å². The van der Waals surface area contributed by atoms with Gasteiger partial charge in [0.2, 0.25) is 5.91 Å². The van der Waals surface area contributed by atoms with Gasteiger partial charge < -0.3 is 20.5 Å². The molecule has 0 aliphatic heterocycles. The summed E-state index contributed by atoms with van der Waals surface area (Å²) in [5.41, 5.74) is -1.23. The predicted molar refractivity (Wildman–Crippen MR) is 66.5 cm³/mol. The summed E-state index contributed by atoms with van der Waals surface area (Å²) >= 11 is 0. The first-order chi connectivity index (χ1) is 9.34. The third-order valence-corrected chi connectivity index (χ3v) is 2.37. The lowest BCUT2D eigenvalue weighted by Crippen LogP contribution is -2.30. The van der Waals surface area contributed by atoms with Gasteiger partial charge in [-0.15, -0.1) is 0 Å². The first kappa shape index (κ1) is 16.3. The Hall–Kier alpha value is -1.80. The van der Waals surface area contributed by atoms with E-state index in [9.17, 15) is 23.1 Å². The lowest BCUT2D eigenvalue weighted by molar-refractivity contribution is -0.137. The second-order valence-electron chi connectivity index (χ2n) is 3.95. The molecule has 1 aromatic carbocycles. The maximum atomic E-state index is 12.5. The second kappa shape index (κ2) is 7.11. The molecule has 0 spiro atoms. The quantitative estimate of drug-likeness (QED) is 0.550. The summed E-state index contributed by atoms with van der Waals surface area (Å²) in [5, 5.41) is 14.4. The van der Waals surface area contributed by atoms with Gasteiger partial charge in [0, 0.05) is 13.7 Å². The standard InChI is InChI=1S/C12H15F3N2O3/c1-20-5-4-16-7-11(19)17-9-6-8(12(13,14)15)2-3-10(9)18/h2-3,6,16,18H,4-5,7H2,1H3,(H,17,19). The zero-order valence-corrected chi connectivity index (χ0v) is 10.8. The van der Waals surface area contributed by atoms with Crippen LogP contribution in [-0.4, -0.2) is 37.8 Å². The van der Waals surface area contributed by atoms with Crippen LogP contribution in [0.2, 0.25) is 0 Å². The third-order valence-electron chi connectivity index (χ3n) is 2.37. The Morgan fingerprint density at radius 3 is 2.70 bits per heavy atom. The predicted octanol–water partition coefficient (Wildman–Crippen LogP) is 1.59. The molecule has 1 rings (SSSR count). The molecule has 0 aromatic heterocycles. The third kappa shape index (κ3) is 5.06. The van der Waals surface area contributed by atoms with Gasteiger partial charge in [-0.05, 0) is 18.2 Å². The molecule has 0 heterocycles. The van der Waals surface area contributed by atoms with Crippen LogP contribution in [0.3, 0.4) is 0 Å². The van der Waals surface area contributed by atoms with Gasteiger partial charge in [-0.25, -0.2) is 0 Å². The van der Waals surface area contributed by atoms with E-state index in [0.717, 1.165) is 12.1 Å². The zero-order valence-electron chi connectivity index (χ0n) is 10.8. The van der Waals surface area contributed by atoms with Crippen molar-refractivity contribution < 1.29 is 27.8 Å². The number of anilines is 1. The lowest BCUT2D eigenvalue weighted by atomic mass is 10.2. The fourth-order valence-electron chi connectivity index (χ4n) is 1.38. The van der Waals surface area contributed by atoms with Crippen LogP contribution in [0.15, 0.2) is 18.2 Å². The molecule has 1 aromatic rings. The molecule has 0 bridgehead atoms. The summed E-state index contributed by atoms with van der Waals surface area (Å²) in [6.45, 7) is 0.736. The van der Waals surface area contributed by atoms with E-state index in [0.29, 0.717) is 19.2 Å². The molecular weight excluding hydrogens is 277 g/mol. The Labute approximate surface area is 113 Å². The minimum Gasteiger partial charge on any atom is -0.506 e. The molecule has 0 atom stereocenters. The zero-order chi connectivity index (χ0) is 15.2. The molecular formula is C12H15F3N2O3. The van der Waals surface area contributed by atoms with Gasteiger partial charge in [-0.2, -0.15) is 13.2 Å². The number of benzene rings is 1. The largest absolute Gasteiger partial charge is 0.506 e. The van der Waals surface area contributed by atoms with E-state index >= 15 is 0 Å². The average molecular weight is 292 g/mol. The van der Waals surface area contributed by atoms with Gasteiger partial charge >= 0.3 is 6.18 Å². The van der Waals surface area contributed by atoms with E-state index in [-0.39, 0.29) is 12.2 Å². The topological polar surface area (TPSA) is 70.6 Å². The van der Waals surface area contributed by atoms with Crippen LogP contribution in [0.25, 0.3) is 0 Å². The average Bonchev–Trinajstić information content (AvgIpc) is 2.36. The first-order valence-electron chi connectivity index (χ1n) is 5.74. The number of carbonyl (C=O) groups is 1. The number of halogens is 3. The Balaban J connectivity index is 2.65. The van der Waals surface area contributed by atoms with E-state index in [2.05, 4.69) is 10.6 Å². The van der Waals surface area contributed by atoms with Crippen molar-refractivity contribution in [2.45, 2.75) is 6.18 Å². The van der Waals surface area contributed by atoms with E-state index in [1.165, 1.54) is 7.11 Å². The smallest absolute Gasteiger partial charge is 0.416 e. The molecule has 0 aliphatic carbocycles. The van der Waals surface area contributed by atoms with E-state index < -0.39 is 23.4 Å². The minimum absolute atomic E-state index is 0.0982. The number of ether oxygens (including phenoxy) is 1. The summed E-state index contributed by atoms with van der Waals surface area (Å²) in [6, 6.07) is 2.31. The molecule has 3 N–H and O–H groups in total.